The van der Waals surface area contributed by atoms with Crippen molar-refractivity contribution in [2.45, 2.75) is 26.3 Å². The van der Waals surface area contributed by atoms with Crippen molar-refractivity contribution < 1.29 is 17.3 Å². The lowest BCUT2D eigenvalue weighted by molar-refractivity contribution is 0.415. The van der Waals surface area contributed by atoms with Gasteiger partial charge in [-0.15, -0.1) is 0 Å². The number of benzene rings is 3. The fourth-order valence-electron chi connectivity index (χ4n) is 3.83. The van der Waals surface area contributed by atoms with Crippen LogP contribution in [0.25, 0.3) is 22.2 Å². The molecule has 0 spiro atoms. The van der Waals surface area contributed by atoms with E-state index in [1.54, 1.807) is 37.4 Å². The Bertz CT molecular complexity index is 1510. The zero-order valence-electron chi connectivity index (χ0n) is 19.5. The van der Waals surface area contributed by atoms with Crippen LogP contribution in [0.15, 0.2) is 71.5 Å². The van der Waals surface area contributed by atoms with E-state index in [-0.39, 0.29) is 12.3 Å². The molecule has 4 rings (SSSR count). The highest BCUT2D eigenvalue weighted by Gasteiger charge is 2.16. The zero-order valence-corrected chi connectivity index (χ0v) is 20.3. The molecule has 4 aromatic rings. The Kier molecular flexibility index (Phi) is 6.43. The van der Waals surface area contributed by atoms with E-state index in [2.05, 4.69) is 18.8 Å². The highest BCUT2D eigenvalue weighted by atomic mass is 32.2. The summed E-state index contributed by atoms with van der Waals surface area (Å²) in [7, 11) is -2.14. The van der Waals surface area contributed by atoms with Crippen LogP contribution in [0.2, 0.25) is 0 Å². The van der Waals surface area contributed by atoms with Crippen LogP contribution in [0.5, 0.6) is 11.5 Å². The second-order valence-corrected chi connectivity index (χ2v) is 9.96. The number of methoxy groups -OCH3 is 1. The first kappa shape index (κ1) is 23.5. The summed E-state index contributed by atoms with van der Waals surface area (Å²) >= 11 is 0. The van der Waals surface area contributed by atoms with Crippen molar-refractivity contribution in [3.05, 3.63) is 88.3 Å². The smallest absolute Gasteiger partial charge is 0.348 e. The fourth-order valence-corrected chi connectivity index (χ4v) is 4.32. The van der Waals surface area contributed by atoms with Gasteiger partial charge in [-0.2, -0.15) is 13.4 Å². The third-order valence-corrected chi connectivity index (χ3v) is 6.06. The van der Waals surface area contributed by atoms with E-state index in [0.29, 0.717) is 28.4 Å². The maximum Gasteiger partial charge on any atom is 0.348 e. The van der Waals surface area contributed by atoms with Crippen molar-refractivity contribution in [2.24, 2.45) is 0 Å². The zero-order chi connectivity index (χ0) is 24.5. The summed E-state index contributed by atoms with van der Waals surface area (Å²) in [6.45, 7) is 4.34. The topological polar surface area (TPSA) is 87.5 Å². The van der Waals surface area contributed by atoms with Gasteiger partial charge in [0, 0.05) is 16.5 Å². The van der Waals surface area contributed by atoms with Crippen LogP contribution in [0, 0.1) is 0 Å². The van der Waals surface area contributed by atoms with E-state index in [9.17, 15) is 13.2 Å². The minimum atomic E-state index is -3.73. The maximum atomic E-state index is 13.2. The highest BCUT2D eigenvalue weighted by Crippen LogP contribution is 2.30. The van der Waals surface area contributed by atoms with Gasteiger partial charge >= 0.3 is 15.8 Å². The second-order valence-electron chi connectivity index (χ2n) is 8.38. The van der Waals surface area contributed by atoms with Gasteiger partial charge in [-0.1, -0.05) is 56.3 Å². The molecule has 0 aliphatic rings. The minimum Gasteiger partial charge on any atom is -0.497 e. The number of para-hydroxylation sites is 1. The van der Waals surface area contributed by atoms with Crippen LogP contribution in [-0.4, -0.2) is 31.3 Å². The normalized spacial score (nSPS) is 11.7. The Morgan fingerprint density at radius 2 is 1.71 bits per heavy atom. The molecule has 0 aliphatic heterocycles. The molecule has 176 valence electrons. The van der Waals surface area contributed by atoms with Gasteiger partial charge in [0.15, 0.2) is 0 Å². The molecule has 0 saturated carbocycles. The van der Waals surface area contributed by atoms with Gasteiger partial charge in [0.2, 0.25) is 0 Å². The highest BCUT2D eigenvalue weighted by molar-refractivity contribution is 7.86. The van der Waals surface area contributed by atoms with Crippen LogP contribution < -0.4 is 14.6 Å². The molecular weight excluding hydrogens is 452 g/mol. The van der Waals surface area contributed by atoms with Crippen LogP contribution >= 0.6 is 0 Å². The van der Waals surface area contributed by atoms with Gasteiger partial charge in [-0.25, -0.2) is 4.79 Å². The van der Waals surface area contributed by atoms with Crippen molar-refractivity contribution >= 4 is 21.0 Å². The second kappa shape index (κ2) is 9.30. The average Bonchev–Trinajstić information content (AvgIpc) is 2.80. The number of ether oxygens (including phenoxy) is 1. The summed E-state index contributed by atoms with van der Waals surface area (Å²) in [6, 6.07) is 20.2. The summed E-state index contributed by atoms with van der Waals surface area (Å²) in [4.78, 5) is 17.6. The number of rotatable bonds is 7. The molecule has 0 unspecified atom stereocenters. The molecule has 0 radical (unpaired) electrons. The Morgan fingerprint density at radius 1 is 1.00 bits per heavy atom. The fraction of sp³-hybridized carbons (Fsp3) is 0.231. The lowest BCUT2D eigenvalue weighted by atomic mass is 9.99. The molecule has 1 aromatic heterocycles. The van der Waals surface area contributed by atoms with Crippen molar-refractivity contribution in [1.82, 2.24) is 9.55 Å². The standard InChI is InChI=1S/C26H26N2O5S/c1-17(2)18-9-11-19(12-10-18)25-22-15-21(32-3)13-14-23(22)28(26(29)27-25)16-20-7-5-6-8-24(20)33-34(4,30)31/h5-15,17H,16H2,1-4H3. The third kappa shape index (κ3) is 4.97. The van der Waals surface area contributed by atoms with Crippen LogP contribution in [-0.2, 0) is 16.7 Å². The van der Waals surface area contributed by atoms with Crippen molar-refractivity contribution in [1.29, 1.82) is 0 Å². The van der Waals surface area contributed by atoms with Crippen molar-refractivity contribution in [3.8, 4) is 22.8 Å². The minimum absolute atomic E-state index is 0.0902. The van der Waals surface area contributed by atoms with E-state index in [4.69, 9.17) is 8.92 Å². The first-order valence-corrected chi connectivity index (χ1v) is 12.6. The molecule has 1 heterocycles. The first-order valence-electron chi connectivity index (χ1n) is 10.8. The molecular formula is C26H26N2O5S. The summed E-state index contributed by atoms with van der Waals surface area (Å²) in [5.41, 5.74) is 3.33. The number of hydrogen-bond donors (Lipinski definition) is 0. The van der Waals surface area contributed by atoms with Crippen molar-refractivity contribution in [2.75, 3.05) is 13.4 Å². The third-order valence-electron chi connectivity index (χ3n) is 5.58. The van der Waals surface area contributed by atoms with E-state index < -0.39 is 15.8 Å². The lowest BCUT2D eigenvalue weighted by Gasteiger charge is -2.16. The van der Waals surface area contributed by atoms with Gasteiger partial charge in [0.05, 0.1) is 31.1 Å². The average molecular weight is 479 g/mol. The first-order chi connectivity index (χ1) is 16.2. The van der Waals surface area contributed by atoms with Gasteiger partial charge in [0.1, 0.15) is 11.5 Å². The number of fused-ring (bicyclic) bond motifs is 1. The molecule has 0 atom stereocenters. The monoisotopic (exact) mass is 478 g/mol. The molecule has 0 aliphatic carbocycles. The molecule has 34 heavy (non-hydrogen) atoms. The van der Waals surface area contributed by atoms with Crippen LogP contribution in [0.4, 0.5) is 0 Å². The van der Waals surface area contributed by atoms with Gasteiger partial charge < -0.3 is 8.92 Å². The molecule has 0 fully saturated rings. The SMILES string of the molecule is COc1ccc2c(c1)c(-c1ccc(C(C)C)cc1)nc(=O)n2Cc1ccccc1OS(C)(=O)=O. The summed E-state index contributed by atoms with van der Waals surface area (Å²) in [6.07, 6.45) is 0.985. The number of hydrogen-bond acceptors (Lipinski definition) is 6. The number of nitrogens with zero attached hydrogens (tertiary/aromatic N) is 2. The van der Waals surface area contributed by atoms with Crippen LogP contribution in [0.1, 0.15) is 30.9 Å². The van der Waals surface area contributed by atoms with Gasteiger partial charge in [0.25, 0.3) is 0 Å². The van der Waals surface area contributed by atoms with E-state index in [0.717, 1.165) is 17.2 Å². The maximum absolute atomic E-state index is 13.2. The van der Waals surface area contributed by atoms with E-state index in [1.807, 2.05) is 36.4 Å². The summed E-state index contributed by atoms with van der Waals surface area (Å²) in [5, 5.41) is 0.748. The van der Waals surface area contributed by atoms with Gasteiger partial charge in [-0.3, -0.25) is 4.57 Å². The van der Waals surface area contributed by atoms with E-state index >= 15 is 0 Å². The largest absolute Gasteiger partial charge is 0.497 e. The molecule has 0 amide bonds. The molecule has 3 aromatic carbocycles. The lowest BCUT2D eigenvalue weighted by Crippen LogP contribution is -2.25. The number of aromatic nitrogens is 2. The predicted octanol–water partition coefficient (Wildman–Crippen LogP) is 4.58. The quantitative estimate of drug-likeness (QED) is 0.361. The Hall–Kier alpha value is -3.65. The molecule has 0 saturated heterocycles. The summed E-state index contributed by atoms with van der Waals surface area (Å²) < 4.78 is 35.5. The predicted molar refractivity (Wildman–Crippen MR) is 133 cm³/mol. The summed E-state index contributed by atoms with van der Waals surface area (Å²) in [5.74, 6) is 1.20. The Labute approximate surface area is 198 Å². The van der Waals surface area contributed by atoms with Crippen molar-refractivity contribution in [3.63, 3.8) is 0 Å². The molecule has 7 nitrogen and oxygen atoms in total. The molecule has 0 N–H and O–H groups in total. The Morgan fingerprint density at radius 3 is 2.35 bits per heavy atom. The Balaban J connectivity index is 1.89. The molecule has 8 heteroatoms. The molecule has 0 bridgehead atoms. The van der Waals surface area contributed by atoms with Gasteiger partial charge in [-0.05, 0) is 35.7 Å². The van der Waals surface area contributed by atoms with E-state index in [1.165, 1.54) is 10.1 Å². The van der Waals surface area contributed by atoms with Crippen LogP contribution in [0.3, 0.4) is 0 Å².